The molecular weight excluding hydrogens is 246 g/mol. The van der Waals surface area contributed by atoms with Crippen LogP contribution in [0.4, 0.5) is 4.79 Å². The summed E-state index contributed by atoms with van der Waals surface area (Å²) >= 11 is 0. The third-order valence-electron chi connectivity index (χ3n) is 3.05. The summed E-state index contributed by atoms with van der Waals surface area (Å²) in [4.78, 5) is 22.6. The summed E-state index contributed by atoms with van der Waals surface area (Å²) in [5.41, 5.74) is -0.555. The zero-order chi connectivity index (χ0) is 15.2. The van der Waals surface area contributed by atoms with Gasteiger partial charge in [-0.25, -0.2) is 4.79 Å². The van der Waals surface area contributed by atoms with Crippen LogP contribution in [0.2, 0.25) is 0 Å². The molecule has 0 aliphatic heterocycles. The van der Waals surface area contributed by atoms with Gasteiger partial charge >= 0.3 is 12.1 Å². The molecule has 0 spiro atoms. The number of ether oxygens (including phenoxy) is 1. The van der Waals surface area contributed by atoms with Crippen LogP contribution < -0.4 is 5.32 Å². The van der Waals surface area contributed by atoms with Crippen LogP contribution in [-0.2, 0) is 9.53 Å². The number of carbonyl (C=O) groups excluding carboxylic acids is 1. The van der Waals surface area contributed by atoms with E-state index < -0.39 is 17.7 Å². The fourth-order valence-corrected chi connectivity index (χ4v) is 1.95. The van der Waals surface area contributed by atoms with E-state index in [1.165, 1.54) is 0 Å². The summed E-state index contributed by atoms with van der Waals surface area (Å²) in [6.07, 6.45) is 0.407. The van der Waals surface area contributed by atoms with E-state index in [9.17, 15) is 9.59 Å². The van der Waals surface area contributed by atoms with Gasteiger partial charge in [-0.05, 0) is 32.6 Å². The lowest BCUT2D eigenvalue weighted by Crippen LogP contribution is -2.46. The molecule has 0 fully saturated rings. The van der Waals surface area contributed by atoms with E-state index in [1.807, 2.05) is 20.8 Å². The summed E-state index contributed by atoms with van der Waals surface area (Å²) in [7, 11) is 0. The van der Waals surface area contributed by atoms with Crippen LogP contribution in [0.5, 0.6) is 0 Å². The van der Waals surface area contributed by atoms with E-state index in [1.54, 1.807) is 20.8 Å². The molecule has 19 heavy (non-hydrogen) atoms. The van der Waals surface area contributed by atoms with Gasteiger partial charge in [-0.1, -0.05) is 27.2 Å². The van der Waals surface area contributed by atoms with Gasteiger partial charge in [0.2, 0.25) is 0 Å². The Balaban J connectivity index is 4.68. The van der Waals surface area contributed by atoms with Crippen molar-refractivity contribution >= 4 is 12.1 Å². The molecule has 112 valence electrons. The Labute approximate surface area is 115 Å². The minimum absolute atomic E-state index is 0.0325. The molecular formula is C14H27NO4. The average Bonchev–Trinajstić information content (AvgIpc) is 2.21. The van der Waals surface area contributed by atoms with E-state index >= 15 is 0 Å². The predicted molar refractivity (Wildman–Crippen MR) is 74.0 cm³/mol. The molecule has 0 aliphatic carbocycles. The van der Waals surface area contributed by atoms with Crippen LogP contribution >= 0.6 is 0 Å². The lowest BCUT2D eigenvalue weighted by Gasteiger charge is -2.30. The number of nitrogens with one attached hydrogen (secondary N) is 1. The number of amides is 1. The molecule has 0 aliphatic rings. The Kier molecular flexibility index (Phi) is 6.87. The Morgan fingerprint density at radius 3 is 2.11 bits per heavy atom. The van der Waals surface area contributed by atoms with Gasteiger partial charge in [0.1, 0.15) is 5.60 Å². The van der Waals surface area contributed by atoms with Crippen LogP contribution in [0, 0.1) is 11.8 Å². The van der Waals surface area contributed by atoms with Crippen LogP contribution in [0.3, 0.4) is 0 Å². The van der Waals surface area contributed by atoms with E-state index in [2.05, 4.69) is 5.32 Å². The van der Waals surface area contributed by atoms with Gasteiger partial charge in [0, 0.05) is 12.5 Å². The summed E-state index contributed by atoms with van der Waals surface area (Å²) in [5, 5.41) is 11.7. The van der Waals surface area contributed by atoms with Crippen molar-refractivity contribution < 1.29 is 19.4 Å². The third kappa shape index (κ3) is 7.70. The number of aliphatic carboxylic acids is 1. The normalized spacial score (nSPS) is 16.3. The maximum absolute atomic E-state index is 11.8. The molecule has 0 heterocycles. The molecule has 5 nitrogen and oxygen atoms in total. The van der Waals surface area contributed by atoms with Crippen LogP contribution in [0.1, 0.15) is 54.4 Å². The molecule has 0 rings (SSSR count). The number of carbonyl (C=O) groups is 2. The highest BCUT2D eigenvalue weighted by atomic mass is 16.6. The van der Waals surface area contributed by atoms with Crippen LogP contribution in [0.25, 0.3) is 0 Å². The van der Waals surface area contributed by atoms with Gasteiger partial charge in [0.25, 0.3) is 0 Å². The maximum atomic E-state index is 11.8. The highest BCUT2D eigenvalue weighted by molar-refractivity contribution is 5.69. The second-order valence-corrected chi connectivity index (χ2v) is 6.13. The molecule has 1 amide bonds. The van der Waals surface area contributed by atoms with Crippen molar-refractivity contribution in [3.8, 4) is 0 Å². The van der Waals surface area contributed by atoms with Crippen molar-refractivity contribution in [3.05, 3.63) is 0 Å². The first-order valence-electron chi connectivity index (χ1n) is 6.78. The van der Waals surface area contributed by atoms with Gasteiger partial charge in [-0.15, -0.1) is 0 Å². The molecule has 0 radical (unpaired) electrons. The topological polar surface area (TPSA) is 75.6 Å². The quantitative estimate of drug-likeness (QED) is 0.780. The largest absolute Gasteiger partial charge is 0.481 e. The predicted octanol–water partition coefficient (Wildman–Crippen LogP) is 3.04. The van der Waals surface area contributed by atoms with Crippen LogP contribution in [0.15, 0.2) is 0 Å². The molecule has 3 atom stereocenters. The summed E-state index contributed by atoms with van der Waals surface area (Å²) < 4.78 is 5.22. The van der Waals surface area contributed by atoms with Crippen molar-refractivity contribution in [2.24, 2.45) is 11.8 Å². The highest BCUT2D eigenvalue weighted by Gasteiger charge is 2.28. The zero-order valence-electron chi connectivity index (χ0n) is 12.8. The molecule has 0 aromatic carbocycles. The number of alkyl carbamates (subject to hydrolysis) is 1. The van der Waals surface area contributed by atoms with Crippen molar-refractivity contribution in [3.63, 3.8) is 0 Å². The zero-order valence-corrected chi connectivity index (χ0v) is 12.8. The molecule has 0 unspecified atom stereocenters. The van der Waals surface area contributed by atoms with Gasteiger partial charge in [-0.3, -0.25) is 4.79 Å². The fourth-order valence-electron chi connectivity index (χ4n) is 1.95. The van der Waals surface area contributed by atoms with Crippen molar-refractivity contribution in [1.82, 2.24) is 5.32 Å². The minimum atomic E-state index is -0.855. The van der Waals surface area contributed by atoms with Crippen molar-refractivity contribution in [2.45, 2.75) is 66.0 Å². The Hall–Kier alpha value is -1.26. The standard InChI is InChI=1S/C14H27NO4/c1-7-9(2)12(10(3)8-11(16)17)15-13(18)19-14(4,5)6/h9-10,12H,7-8H2,1-6H3,(H,15,18)(H,16,17)/t9-,10-,12+/m0/s1. The van der Waals surface area contributed by atoms with E-state index in [0.29, 0.717) is 0 Å². The van der Waals surface area contributed by atoms with E-state index in [4.69, 9.17) is 9.84 Å². The van der Waals surface area contributed by atoms with Gasteiger partial charge in [0.05, 0.1) is 0 Å². The van der Waals surface area contributed by atoms with Gasteiger partial charge < -0.3 is 15.2 Å². The monoisotopic (exact) mass is 273 g/mol. The van der Waals surface area contributed by atoms with Crippen molar-refractivity contribution in [2.75, 3.05) is 0 Å². The van der Waals surface area contributed by atoms with Crippen molar-refractivity contribution in [1.29, 1.82) is 0 Å². The minimum Gasteiger partial charge on any atom is -0.481 e. The molecule has 2 N–H and O–H groups in total. The number of hydrogen-bond acceptors (Lipinski definition) is 3. The molecule has 0 aromatic heterocycles. The number of carboxylic acid groups (broad SMARTS) is 1. The fraction of sp³-hybridized carbons (Fsp3) is 0.857. The Morgan fingerprint density at radius 2 is 1.74 bits per heavy atom. The average molecular weight is 273 g/mol. The van der Waals surface area contributed by atoms with E-state index in [-0.39, 0.29) is 24.3 Å². The van der Waals surface area contributed by atoms with Gasteiger partial charge in [0.15, 0.2) is 0 Å². The molecule has 0 aromatic rings. The Morgan fingerprint density at radius 1 is 1.21 bits per heavy atom. The molecule has 0 saturated carbocycles. The highest BCUT2D eigenvalue weighted by Crippen LogP contribution is 2.20. The Bertz CT molecular complexity index is 309. The molecule has 0 saturated heterocycles. The lowest BCUT2D eigenvalue weighted by molar-refractivity contribution is -0.138. The summed E-state index contributed by atoms with van der Waals surface area (Å²) in [6.45, 7) is 11.2. The summed E-state index contributed by atoms with van der Waals surface area (Å²) in [6, 6.07) is -0.198. The molecule has 5 heteroatoms. The summed E-state index contributed by atoms with van der Waals surface area (Å²) in [5.74, 6) is -0.798. The SMILES string of the molecule is CC[C@H](C)[C@@H](NC(=O)OC(C)(C)C)[C@@H](C)CC(=O)O. The number of rotatable bonds is 6. The molecule has 0 bridgehead atoms. The van der Waals surface area contributed by atoms with Crippen LogP contribution in [-0.4, -0.2) is 28.8 Å². The van der Waals surface area contributed by atoms with E-state index in [0.717, 1.165) is 6.42 Å². The second kappa shape index (κ2) is 7.36. The first kappa shape index (κ1) is 17.7. The number of carboxylic acids is 1. The first-order chi connectivity index (χ1) is 8.56. The maximum Gasteiger partial charge on any atom is 0.407 e. The van der Waals surface area contributed by atoms with Gasteiger partial charge in [-0.2, -0.15) is 0 Å². The third-order valence-corrected chi connectivity index (χ3v) is 3.05. The second-order valence-electron chi connectivity index (χ2n) is 6.13. The smallest absolute Gasteiger partial charge is 0.407 e. The first-order valence-corrected chi connectivity index (χ1v) is 6.78. The lowest BCUT2D eigenvalue weighted by atomic mass is 9.87. The number of hydrogen-bond donors (Lipinski definition) is 2.